The summed E-state index contributed by atoms with van der Waals surface area (Å²) in [5, 5.41) is 6.31. The minimum absolute atomic E-state index is 0.0710. The Morgan fingerprint density at radius 1 is 0.963 bits per heavy atom. The summed E-state index contributed by atoms with van der Waals surface area (Å²) in [7, 11) is 0. The largest absolute Gasteiger partial charge is 0.363 e. The van der Waals surface area contributed by atoms with Crippen LogP contribution in [0.15, 0.2) is 16.9 Å². The van der Waals surface area contributed by atoms with Crippen LogP contribution in [-0.4, -0.2) is 35.0 Å². The predicted octanol–water partition coefficient (Wildman–Crippen LogP) is 5.16. The molecule has 0 saturated carbocycles. The number of carbonyl (C=O) groups excluding carboxylic acids is 2. The van der Waals surface area contributed by atoms with Crippen LogP contribution in [-0.2, 0) is 9.59 Å². The number of unbranched alkanes of at least 4 members (excludes halogenated alkanes) is 9. The highest BCUT2D eigenvalue weighted by Gasteiger charge is 2.17. The molecular formula is C21H37N3O3. The van der Waals surface area contributed by atoms with Crippen molar-refractivity contribution in [3.8, 4) is 0 Å². The first kappa shape index (κ1) is 23.2. The lowest BCUT2D eigenvalue weighted by molar-refractivity contribution is -0.134. The zero-order chi connectivity index (χ0) is 19.7. The van der Waals surface area contributed by atoms with Crippen LogP contribution in [0.3, 0.4) is 0 Å². The van der Waals surface area contributed by atoms with Crippen molar-refractivity contribution in [1.82, 2.24) is 10.1 Å². The zero-order valence-corrected chi connectivity index (χ0v) is 17.2. The molecule has 0 aromatic carbocycles. The molecule has 0 aliphatic carbocycles. The van der Waals surface area contributed by atoms with Gasteiger partial charge in [-0.3, -0.25) is 9.59 Å². The maximum atomic E-state index is 12.5. The predicted molar refractivity (Wildman–Crippen MR) is 108 cm³/mol. The third kappa shape index (κ3) is 11.5. The van der Waals surface area contributed by atoms with E-state index in [9.17, 15) is 9.59 Å². The van der Waals surface area contributed by atoms with Crippen LogP contribution in [0.4, 0.5) is 5.82 Å². The Kier molecular flexibility index (Phi) is 13.1. The molecule has 0 unspecified atom stereocenters. The number of anilines is 1. The lowest BCUT2D eigenvalue weighted by Crippen LogP contribution is -2.38. The molecule has 1 N–H and O–H groups in total. The van der Waals surface area contributed by atoms with E-state index in [0.29, 0.717) is 18.8 Å². The van der Waals surface area contributed by atoms with Gasteiger partial charge < -0.3 is 14.7 Å². The highest BCUT2D eigenvalue weighted by Crippen LogP contribution is 2.12. The highest BCUT2D eigenvalue weighted by atomic mass is 16.5. The van der Waals surface area contributed by atoms with Gasteiger partial charge in [0.25, 0.3) is 0 Å². The molecule has 0 bridgehead atoms. The van der Waals surface area contributed by atoms with E-state index in [4.69, 9.17) is 4.52 Å². The van der Waals surface area contributed by atoms with Gasteiger partial charge in [0.05, 0.1) is 6.54 Å². The Hall–Kier alpha value is -1.85. The molecule has 1 aromatic rings. The first-order valence-electron chi connectivity index (χ1n) is 10.6. The smallest absolute Gasteiger partial charge is 0.245 e. The Morgan fingerprint density at radius 3 is 2.19 bits per heavy atom. The first-order chi connectivity index (χ1) is 13.2. The molecule has 0 radical (unpaired) electrons. The molecule has 1 rings (SSSR count). The Morgan fingerprint density at radius 2 is 1.59 bits per heavy atom. The van der Waals surface area contributed by atoms with Gasteiger partial charge in [-0.1, -0.05) is 76.8 Å². The average molecular weight is 380 g/mol. The summed E-state index contributed by atoms with van der Waals surface area (Å²) in [6, 6.07) is 1.58. The van der Waals surface area contributed by atoms with Crippen molar-refractivity contribution in [2.75, 3.05) is 18.4 Å². The normalized spacial score (nSPS) is 10.7. The van der Waals surface area contributed by atoms with Crippen LogP contribution >= 0.6 is 0 Å². The molecule has 0 aliphatic heterocycles. The van der Waals surface area contributed by atoms with E-state index in [0.717, 1.165) is 25.7 Å². The van der Waals surface area contributed by atoms with E-state index in [1.165, 1.54) is 51.2 Å². The van der Waals surface area contributed by atoms with Crippen LogP contribution in [0.2, 0.25) is 0 Å². The summed E-state index contributed by atoms with van der Waals surface area (Å²) in [5.74, 6) is 0.212. The second-order valence-electron chi connectivity index (χ2n) is 7.18. The van der Waals surface area contributed by atoms with Crippen molar-refractivity contribution in [2.45, 2.75) is 90.9 Å². The van der Waals surface area contributed by atoms with E-state index in [1.807, 2.05) is 0 Å². The summed E-state index contributed by atoms with van der Waals surface area (Å²) >= 11 is 0. The number of nitrogens with zero attached hydrogens (tertiary/aromatic N) is 2. The maximum Gasteiger partial charge on any atom is 0.245 e. The van der Waals surface area contributed by atoms with E-state index in [1.54, 1.807) is 11.0 Å². The lowest BCUT2D eigenvalue weighted by Gasteiger charge is -2.22. The van der Waals surface area contributed by atoms with E-state index in [2.05, 4.69) is 24.3 Å². The zero-order valence-electron chi connectivity index (χ0n) is 17.2. The third-order valence-corrected chi connectivity index (χ3v) is 4.67. The number of nitrogens with one attached hydrogen (secondary N) is 1. The summed E-state index contributed by atoms with van der Waals surface area (Å²) < 4.78 is 4.70. The topological polar surface area (TPSA) is 75.4 Å². The summed E-state index contributed by atoms with van der Waals surface area (Å²) in [6.45, 7) is 5.01. The van der Waals surface area contributed by atoms with Gasteiger partial charge in [-0.25, -0.2) is 0 Å². The molecule has 1 heterocycles. The highest BCUT2D eigenvalue weighted by molar-refractivity contribution is 5.93. The molecule has 154 valence electrons. The standard InChI is InChI=1S/C21H37N3O3/c1-3-5-7-8-9-10-11-12-13-14-21(26)24(16-6-4-2)18-20(25)22-19-15-17-27-23-19/h15,17H,3-14,16,18H2,1-2H3,(H,22,23,25). The molecule has 6 nitrogen and oxygen atoms in total. The van der Waals surface area contributed by atoms with Crippen molar-refractivity contribution in [3.63, 3.8) is 0 Å². The quantitative estimate of drug-likeness (QED) is 0.402. The first-order valence-corrected chi connectivity index (χ1v) is 10.6. The van der Waals surface area contributed by atoms with Gasteiger partial charge in [0.2, 0.25) is 11.8 Å². The van der Waals surface area contributed by atoms with Crippen LogP contribution in [0, 0.1) is 0 Å². The van der Waals surface area contributed by atoms with Crippen molar-refractivity contribution < 1.29 is 14.1 Å². The van der Waals surface area contributed by atoms with E-state index in [-0.39, 0.29) is 18.4 Å². The van der Waals surface area contributed by atoms with Gasteiger partial charge in [0.1, 0.15) is 6.26 Å². The number of amides is 2. The molecule has 0 spiro atoms. The Balaban J connectivity index is 2.23. The number of aromatic nitrogens is 1. The lowest BCUT2D eigenvalue weighted by atomic mass is 10.1. The number of rotatable bonds is 16. The minimum Gasteiger partial charge on any atom is -0.363 e. The fourth-order valence-corrected chi connectivity index (χ4v) is 3.02. The minimum atomic E-state index is -0.236. The second-order valence-corrected chi connectivity index (χ2v) is 7.18. The van der Waals surface area contributed by atoms with Crippen LogP contribution in [0.1, 0.15) is 90.9 Å². The fourth-order valence-electron chi connectivity index (χ4n) is 3.02. The van der Waals surface area contributed by atoms with Gasteiger partial charge in [-0.2, -0.15) is 0 Å². The molecule has 27 heavy (non-hydrogen) atoms. The third-order valence-electron chi connectivity index (χ3n) is 4.67. The van der Waals surface area contributed by atoms with Crippen LogP contribution in [0.25, 0.3) is 0 Å². The second kappa shape index (κ2) is 15.2. The average Bonchev–Trinajstić information content (AvgIpc) is 3.16. The molecule has 0 atom stereocenters. The van der Waals surface area contributed by atoms with Crippen LogP contribution in [0.5, 0.6) is 0 Å². The number of carbonyl (C=O) groups is 2. The van der Waals surface area contributed by atoms with Gasteiger partial charge in [-0.05, 0) is 12.8 Å². The SMILES string of the molecule is CCCCCCCCCCCC(=O)N(CCCC)CC(=O)Nc1ccon1. The number of hydrogen-bond acceptors (Lipinski definition) is 4. The van der Waals surface area contributed by atoms with E-state index < -0.39 is 0 Å². The van der Waals surface area contributed by atoms with Crippen molar-refractivity contribution >= 4 is 17.6 Å². The van der Waals surface area contributed by atoms with Crippen molar-refractivity contribution in [2.24, 2.45) is 0 Å². The van der Waals surface area contributed by atoms with Gasteiger partial charge in [0.15, 0.2) is 5.82 Å². The van der Waals surface area contributed by atoms with Crippen molar-refractivity contribution in [1.29, 1.82) is 0 Å². The molecular weight excluding hydrogens is 342 g/mol. The summed E-state index contributed by atoms with van der Waals surface area (Å²) in [6.07, 6.45) is 14.9. The molecule has 0 fully saturated rings. The maximum absolute atomic E-state index is 12.5. The van der Waals surface area contributed by atoms with Gasteiger partial charge in [0, 0.05) is 19.0 Å². The van der Waals surface area contributed by atoms with Gasteiger partial charge >= 0.3 is 0 Å². The number of hydrogen-bond donors (Lipinski definition) is 1. The monoisotopic (exact) mass is 379 g/mol. The fraction of sp³-hybridized carbons (Fsp3) is 0.762. The Labute approximate surface area is 164 Å². The molecule has 0 aliphatic rings. The summed E-state index contributed by atoms with van der Waals surface area (Å²) in [5.41, 5.74) is 0. The molecule has 0 saturated heterocycles. The molecule has 2 amide bonds. The Bertz CT molecular complexity index is 503. The van der Waals surface area contributed by atoms with Gasteiger partial charge in [-0.15, -0.1) is 0 Å². The van der Waals surface area contributed by atoms with E-state index >= 15 is 0 Å². The van der Waals surface area contributed by atoms with Crippen molar-refractivity contribution in [3.05, 3.63) is 12.3 Å². The molecule has 1 aromatic heterocycles. The summed E-state index contributed by atoms with van der Waals surface area (Å²) in [4.78, 5) is 26.3. The molecule has 6 heteroatoms. The van der Waals surface area contributed by atoms with Crippen LogP contribution < -0.4 is 5.32 Å².